The van der Waals surface area contributed by atoms with Crippen LogP contribution in [0.4, 0.5) is 0 Å². The van der Waals surface area contributed by atoms with Gasteiger partial charge in [0, 0.05) is 0 Å². The van der Waals surface area contributed by atoms with E-state index in [-0.39, 0.29) is 5.60 Å². The van der Waals surface area contributed by atoms with Gasteiger partial charge in [0.15, 0.2) is 0 Å². The van der Waals surface area contributed by atoms with Crippen LogP contribution in [-0.4, -0.2) is 10.7 Å². The summed E-state index contributed by atoms with van der Waals surface area (Å²) in [7, 11) is 0. The van der Waals surface area contributed by atoms with Crippen molar-refractivity contribution < 1.29 is 5.11 Å². The van der Waals surface area contributed by atoms with E-state index in [9.17, 15) is 5.11 Å². The Labute approximate surface area is 262 Å². The molecule has 0 heterocycles. The number of hydrogen-bond acceptors (Lipinski definition) is 1. The maximum absolute atomic E-state index is 11.1. The molecule has 1 nitrogen and oxygen atoms in total. The minimum absolute atomic E-state index is 0.383. The molecule has 0 fully saturated rings. The van der Waals surface area contributed by atoms with Crippen molar-refractivity contribution in [2.75, 3.05) is 0 Å². The summed E-state index contributed by atoms with van der Waals surface area (Å²) in [5.41, 5.74) is -0.383. The van der Waals surface area contributed by atoms with E-state index in [0.29, 0.717) is 0 Å². The quantitative estimate of drug-likeness (QED) is 0.0733. The van der Waals surface area contributed by atoms with Gasteiger partial charge in [0.25, 0.3) is 0 Å². The van der Waals surface area contributed by atoms with Crippen LogP contribution in [0.25, 0.3) is 0 Å². The van der Waals surface area contributed by atoms with E-state index in [0.717, 1.165) is 19.3 Å². The van der Waals surface area contributed by atoms with Gasteiger partial charge in [-0.3, -0.25) is 0 Å². The third kappa shape index (κ3) is 32.7. The number of hydrogen-bond donors (Lipinski definition) is 1. The molecule has 248 valence electrons. The van der Waals surface area contributed by atoms with E-state index in [1.54, 1.807) is 0 Å². The predicted octanol–water partition coefficient (Wildman–Crippen LogP) is 14.8. The van der Waals surface area contributed by atoms with Crippen LogP contribution in [0.1, 0.15) is 252 Å². The molecule has 0 bridgehead atoms. The maximum atomic E-state index is 11.1. The molecule has 1 unspecified atom stereocenters. The van der Waals surface area contributed by atoms with Crippen LogP contribution in [-0.2, 0) is 0 Å². The van der Waals surface area contributed by atoms with Crippen molar-refractivity contribution in [2.45, 2.75) is 258 Å². The lowest BCUT2D eigenvalue weighted by Crippen LogP contribution is -2.27. The Bertz CT molecular complexity index is 460. The molecule has 41 heavy (non-hydrogen) atoms. The molecule has 0 amide bonds. The van der Waals surface area contributed by atoms with Gasteiger partial charge in [0.2, 0.25) is 0 Å². The predicted molar refractivity (Wildman–Crippen MR) is 188 cm³/mol. The highest BCUT2D eigenvalue weighted by Gasteiger charge is 2.23. The fourth-order valence-electron chi connectivity index (χ4n) is 6.66. The van der Waals surface area contributed by atoms with Gasteiger partial charge in [-0.1, -0.05) is 233 Å². The van der Waals surface area contributed by atoms with E-state index in [1.807, 2.05) is 0 Å². The highest BCUT2D eigenvalue weighted by Crippen LogP contribution is 2.26. The van der Waals surface area contributed by atoms with Crippen molar-refractivity contribution in [3.05, 3.63) is 0 Å². The summed E-state index contributed by atoms with van der Waals surface area (Å²) in [6.45, 7) is 6.80. The van der Waals surface area contributed by atoms with E-state index in [4.69, 9.17) is 0 Å². The molecule has 1 heteroatoms. The second-order valence-electron chi connectivity index (χ2n) is 14.0. The Balaban J connectivity index is 3.38. The Morgan fingerprint density at radius 2 is 0.439 bits per heavy atom. The fourth-order valence-corrected chi connectivity index (χ4v) is 6.66. The van der Waals surface area contributed by atoms with Gasteiger partial charge < -0.3 is 5.11 Å². The highest BCUT2D eigenvalue weighted by molar-refractivity contribution is 4.76. The normalized spacial score (nSPS) is 13.2. The summed E-state index contributed by atoms with van der Waals surface area (Å²) in [6, 6.07) is 0. The van der Waals surface area contributed by atoms with Gasteiger partial charge in [-0.15, -0.1) is 0 Å². The van der Waals surface area contributed by atoms with E-state index in [1.165, 1.54) is 212 Å². The van der Waals surface area contributed by atoms with Gasteiger partial charge >= 0.3 is 0 Å². The molecule has 0 aliphatic rings. The molecule has 1 atom stereocenters. The van der Waals surface area contributed by atoms with E-state index >= 15 is 0 Å². The fraction of sp³-hybridized carbons (Fsp3) is 1.00. The Morgan fingerprint density at radius 3 is 0.610 bits per heavy atom. The second-order valence-corrected chi connectivity index (χ2v) is 14.0. The van der Waals surface area contributed by atoms with Gasteiger partial charge in [-0.2, -0.15) is 0 Å². The molecule has 0 rings (SSSR count). The summed E-state index contributed by atoms with van der Waals surface area (Å²) in [6.07, 6.45) is 49.8. The Hall–Kier alpha value is -0.0400. The lowest BCUT2D eigenvalue weighted by molar-refractivity contribution is 0.0140. The van der Waals surface area contributed by atoms with Crippen LogP contribution in [0.3, 0.4) is 0 Å². The van der Waals surface area contributed by atoms with Crippen molar-refractivity contribution in [3.63, 3.8) is 0 Å². The number of rotatable bonds is 36. The van der Waals surface area contributed by atoms with Crippen LogP contribution < -0.4 is 0 Å². The first-order valence-corrected chi connectivity index (χ1v) is 19.9. The first-order chi connectivity index (χ1) is 20.2. The van der Waals surface area contributed by atoms with Crippen LogP contribution in [0.5, 0.6) is 0 Å². The lowest BCUT2D eigenvalue weighted by atomic mass is 9.87. The van der Waals surface area contributed by atoms with Crippen LogP contribution >= 0.6 is 0 Å². The van der Waals surface area contributed by atoms with Gasteiger partial charge in [0.1, 0.15) is 0 Å². The van der Waals surface area contributed by atoms with Gasteiger partial charge in [-0.25, -0.2) is 0 Å². The summed E-state index contributed by atoms with van der Waals surface area (Å²) < 4.78 is 0. The van der Waals surface area contributed by atoms with Gasteiger partial charge in [0.05, 0.1) is 5.60 Å². The molecule has 0 radical (unpaired) electrons. The SMILES string of the molecule is CCCCCCCCCCCCCCCCCCCC(O)(CC)CCCCCCCCCCCCCCCCCC. The standard InChI is InChI=1S/C40H82O/c1-4-7-9-11-13-15-17-19-21-23-25-27-29-31-33-35-37-39-40(41,6-3)38-36-34-32-30-28-26-24-22-20-18-16-14-12-10-8-5-2/h41H,4-39H2,1-3H3. The molecule has 0 aromatic heterocycles. The summed E-state index contributed by atoms with van der Waals surface area (Å²) in [5.74, 6) is 0. The number of unbranched alkanes of at least 4 members (excludes halogenated alkanes) is 31. The molecule has 0 saturated carbocycles. The van der Waals surface area contributed by atoms with Crippen molar-refractivity contribution in [3.8, 4) is 0 Å². The average Bonchev–Trinajstić information content (AvgIpc) is 2.98. The van der Waals surface area contributed by atoms with Crippen molar-refractivity contribution in [1.82, 2.24) is 0 Å². The van der Waals surface area contributed by atoms with Crippen molar-refractivity contribution in [2.24, 2.45) is 0 Å². The first-order valence-electron chi connectivity index (χ1n) is 19.9. The molecule has 0 aromatic rings. The second kappa shape index (κ2) is 34.5. The zero-order valence-electron chi connectivity index (χ0n) is 29.4. The Kier molecular flexibility index (Phi) is 34.4. The van der Waals surface area contributed by atoms with Gasteiger partial charge in [-0.05, 0) is 19.3 Å². The van der Waals surface area contributed by atoms with Crippen LogP contribution in [0.2, 0.25) is 0 Å². The van der Waals surface area contributed by atoms with E-state index < -0.39 is 0 Å². The maximum Gasteiger partial charge on any atom is 0.0645 e. The van der Waals surface area contributed by atoms with Crippen LogP contribution in [0, 0.1) is 0 Å². The highest BCUT2D eigenvalue weighted by atomic mass is 16.3. The lowest BCUT2D eigenvalue weighted by Gasteiger charge is -2.27. The van der Waals surface area contributed by atoms with E-state index in [2.05, 4.69) is 20.8 Å². The molecule has 0 spiro atoms. The van der Waals surface area contributed by atoms with Crippen molar-refractivity contribution >= 4 is 0 Å². The minimum atomic E-state index is -0.383. The molecule has 1 N–H and O–H groups in total. The summed E-state index contributed by atoms with van der Waals surface area (Å²) >= 11 is 0. The smallest absolute Gasteiger partial charge is 0.0645 e. The molecule has 0 aliphatic carbocycles. The topological polar surface area (TPSA) is 20.2 Å². The molecule has 0 aromatic carbocycles. The molecular weight excluding hydrogens is 496 g/mol. The zero-order chi connectivity index (χ0) is 30.0. The third-order valence-electron chi connectivity index (χ3n) is 9.90. The molecule has 0 saturated heterocycles. The van der Waals surface area contributed by atoms with Crippen LogP contribution in [0.15, 0.2) is 0 Å². The molecular formula is C40H82O. The summed E-state index contributed by atoms with van der Waals surface area (Å²) in [5, 5.41) is 11.1. The third-order valence-corrected chi connectivity index (χ3v) is 9.90. The monoisotopic (exact) mass is 579 g/mol. The molecule has 0 aliphatic heterocycles. The largest absolute Gasteiger partial charge is 0.390 e. The minimum Gasteiger partial charge on any atom is -0.390 e. The first kappa shape index (κ1) is 41.0. The zero-order valence-corrected chi connectivity index (χ0v) is 29.4. The summed E-state index contributed by atoms with van der Waals surface area (Å²) in [4.78, 5) is 0. The van der Waals surface area contributed by atoms with Crippen molar-refractivity contribution in [1.29, 1.82) is 0 Å². The number of aliphatic hydroxyl groups is 1. The Morgan fingerprint density at radius 1 is 0.268 bits per heavy atom. The average molecular weight is 579 g/mol.